The lowest BCUT2D eigenvalue weighted by molar-refractivity contribution is 0.669. The predicted octanol–water partition coefficient (Wildman–Crippen LogP) is 13.7. The molecular formula is C48H30O. The minimum absolute atomic E-state index is 0.0584. The molecular weight excluding hydrogens is 593 g/mol. The van der Waals surface area contributed by atoms with E-state index in [2.05, 4.69) is 48.5 Å². The highest BCUT2D eigenvalue weighted by atomic mass is 16.3. The standard InChI is InChI=1S/C48H30O/c1-3-11-31(12-4-1)33-19-21-34(22-20-33)47-39-15-7-9-17-41(39)48(42-18-10-8-16-40(42)47)37-25-26-45-43(28-37)44-29-38-27-35(32-13-5-2-6-14-32)23-24-36(38)30-46(44)49-45/h1-30H/i1D,3D,4D,11D,12D,19D,20D,21D,22D. The van der Waals surface area contributed by atoms with E-state index in [-0.39, 0.29) is 28.8 Å². The summed E-state index contributed by atoms with van der Waals surface area (Å²) in [6.45, 7) is 0. The van der Waals surface area contributed by atoms with Gasteiger partial charge in [0, 0.05) is 10.8 Å². The first-order valence-electron chi connectivity index (χ1n) is 20.6. The lowest BCUT2D eigenvalue weighted by Crippen LogP contribution is -1.91. The molecule has 0 unspecified atom stereocenters. The highest BCUT2D eigenvalue weighted by Gasteiger charge is 2.18. The van der Waals surface area contributed by atoms with Crippen molar-refractivity contribution in [2.24, 2.45) is 0 Å². The molecule has 0 bridgehead atoms. The van der Waals surface area contributed by atoms with Gasteiger partial charge in [0.15, 0.2) is 0 Å². The van der Waals surface area contributed by atoms with E-state index in [1.807, 2.05) is 78.9 Å². The molecule has 1 heteroatoms. The molecule has 10 aromatic rings. The molecule has 0 radical (unpaired) electrons. The first kappa shape index (κ1) is 20.0. The summed E-state index contributed by atoms with van der Waals surface area (Å²) in [5.41, 5.74) is 5.54. The van der Waals surface area contributed by atoms with E-state index in [1.165, 1.54) is 0 Å². The van der Waals surface area contributed by atoms with Gasteiger partial charge in [-0.05, 0) is 107 Å². The predicted molar refractivity (Wildman–Crippen MR) is 208 cm³/mol. The molecule has 0 aliphatic heterocycles. The van der Waals surface area contributed by atoms with Crippen molar-refractivity contribution in [3.05, 3.63) is 182 Å². The van der Waals surface area contributed by atoms with Gasteiger partial charge in [0.1, 0.15) is 11.2 Å². The van der Waals surface area contributed by atoms with Gasteiger partial charge in [-0.1, -0.05) is 151 Å². The van der Waals surface area contributed by atoms with Gasteiger partial charge in [-0.15, -0.1) is 0 Å². The Balaban J connectivity index is 1.21. The molecule has 0 saturated carbocycles. The first-order chi connectivity index (χ1) is 28.0. The Labute approximate surface area is 297 Å². The van der Waals surface area contributed by atoms with Crippen molar-refractivity contribution in [1.82, 2.24) is 0 Å². The maximum absolute atomic E-state index is 9.33. The van der Waals surface area contributed by atoms with Crippen molar-refractivity contribution in [2.45, 2.75) is 0 Å². The largest absolute Gasteiger partial charge is 0.456 e. The van der Waals surface area contributed by atoms with Crippen molar-refractivity contribution in [3.8, 4) is 44.5 Å². The van der Waals surface area contributed by atoms with Crippen LogP contribution in [0.15, 0.2) is 186 Å². The Morgan fingerprint density at radius 1 is 0.327 bits per heavy atom. The molecule has 0 fully saturated rings. The molecule has 49 heavy (non-hydrogen) atoms. The molecule has 1 aromatic heterocycles. The van der Waals surface area contributed by atoms with Crippen LogP contribution in [0.3, 0.4) is 0 Å². The van der Waals surface area contributed by atoms with Crippen LogP contribution in [0.4, 0.5) is 0 Å². The normalized spacial score (nSPS) is 14.2. The fourth-order valence-corrected chi connectivity index (χ4v) is 7.13. The Morgan fingerprint density at radius 3 is 1.59 bits per heavy atom. The summed E-state index contributed by atoms with van der Waals surface area (Å²) >= 11 is 0. The lowest BCUT2D eigenvalue weighted by Gasteiger charge is -2.18. The molecule has 0 aliphatic rings. The number of hydrogen-bond acceptors (Lipinski definition) is 1. The first-order valence-corrected chi connectivity index (χ1v) is 16.1. The average Bonchev–Trinajstić information content (AvgIpc) is 3.61. The van der Waals surface area contributed by atoms with E-state index in [4.69, 9.17) is 14.0 Å². The number of benzene rings is 9. The van der Waals surface area contributed by atoms with Gasteiger partial charge in [-0.2, -0.15) is 0 Å². The molecule has 0 spiro atoms. The maximum Gasteiger partial charge on any atom is 0.136 e. The molecule has 0 aliphatic carbocycles. The summed E-state index contributed by atoms with van der Waals surface area (Å²) < 4.78 is 84.9. The van der Waals surface area contributed by atoms with Crippen LogP contribution < -0.4 is 0 Å². The fraction of sp³-hybridized carbons (Fsp3) is 0. The molecule has 0 N–H and O–H groups in total. The van der Waals surface area contributed by atoms with Gasteiger partial charge in [0.2, 0.25) is 0 Å². The van der Waals surface area contributed by atoms with E-state index in [1.54, 1.807) is 0 Å². The summed E-state index contributed by atoms with van der Waals surface area (Å²) in [7, 11) is 0. The van der Waals surface area contributed by atoms with E-state index >= 15 is 0 Å². The quantitative estimate of drug-likeness (QED) is 0.176. The van der Waals surface area contributed by atoms with Gasteiger partial charge in [-0.3, -0.25) is 0 Å². The van der Waals surface area contributed by atoms with Crippen molar-refractivity contribution >= 4 is 54.3 Å². The SMILES string of the molecule is [2H]c1c([2H])c([2H])c(-c2c([2H])c([2H])c(-c3c4ccccc4c(-c4ccc5oc6cc7ccc(-c8ccccc8)cc7cc6c5c4)c4ccccc34)c([2H])c2[2H])c([2H])c1[2H]. The molecule has 10 rings (SSSR count). The summed E-state index contributed by atoms with van der Waals surface area (Å²) in [6.07, 6.45) is 0. The van der Waals surface area contributed by atoms with Crippen molar-refractivity contribution in [3.63, 3.8) is 0 Å². The van der Waals surface area contributed by atoms with Gasteiger partial charge < -0.3 is 4.42 Å². The number of rotatable bonds is 4. The zero-order chi connectivity index (χ0) is 40.1. The number of fused-ring (bicyclic) bond motifs is 6. The maximum atomic E-state index is 9.33. The fourth-order valence-electron chi connectivity index (χ4n) is 7.13. The van der Waals surface area contributed by atoms with Crippen LogP contribution in [0.1, 0.15) is 12.3 Å². The van der Waals surface area contributed by atoms with E-state index in [0.29, 0.717) is 16.3 Å². The van der Waals surface area contributed by atoms with Crippen LogP contribution in [0.25, 0.3) is 98.8 Å². The van der Waals surface area contributed by atoms with Crippen LogP contribution in [-0.4, -0.2) is 0 Å². The molecule has 0 amide bonds. The van der Waals surface area contributed by atoms with Crippen LogP contribution in [-0.2, 0) is 0 Å². The molecule has 228 valence electrons. The molecule has 9 aromatic carbocycles. The van der Waals surface area contributed by atoms with E-state index < -0.39 is 42.3 Å². The average molecular weight is 632 g/mol. The highest BCUT2D eigenvalue weighted by Crippen LogP contribution is 2.45. The monoisotopic (exact) mass is 631 g/mol. The molecule has 0 saturated heterocycles. The van der Waals surface area contributed by atoms with Crippen LogP contribution in [0.5, 0.6) is 0 Å². The molecule has 1 heterocycles. The third kappa shape index (κ3) is 4.55. The number of hydrogen-bond donors (Lipinski definition) is 0. The highest BCUT2D eigenvalue weighted by molar-refractivity contribution is 6.22. The lowest BCUT2D eigenvalue weighted by atomic mass is 9.85. The summed E-state index contributed by atoms with van der Waals surface area (Å²) in [4.78, 5) is 0. The van der Waals surface area contributed by atoms with E-state index in [9.17, 15) is 2.74 Å². The van der Waals surface area contributed by atoms with Gasteiger partial charge in [0.25, 0.3) is 0 Å². The minimum atomic E-state index is -0.614. The van der Waals surface area contributed by atoms with Crippen LogP contribution >= 0.6 is 0 Å². The van der Waals surface area contributed by atoms with Crippen molar-refractivity contribution < 1.29 is 16.8 Å². The summed E-state index contributed by atoms with van der Waals surface area (Å²) in [5.74, 6) is 0. The minimum Gasteiger partial charge on any atom is -0.456 e. The van der Waals surface area contributed by atoms with Crippen molar-refractivity contribution in [1.29, 1.82) is 0 Å². The topological polar surface area (TPSA) is 13.1 Å². The summed E-state index contributed by atoms with van der Waals surface area (Å²) in [6, 6.07) is 37.9. The smallest absolute Gasteiger partial charge is 0.136 e. The number of furan rings is 1. The third-order valence-electron chi connectivity index (χ3n) is 9.38. The summed E-state index contributed by atoms with van der Waals surface area (Å²) in [5, 5.41) is 7.23. The molecule has 0 atom stereocenters. The second kappa shape index (κ2) is 11.1. The Morgan fingerprint density at radius 2 is 0.898 bits per heavy atom. The van der Waals surface area contributed by atoms with Crippen LogP contribution in [0.2, 0.25) is 0 Å². The zero-order valence-electron chi connectivity index (χ0n) is 35.0. The molecule has 1 nitrogen and oxygen atoms in total. The Hall–Kier alpha value is -6.44. The van der Waals surface area contributed by atoms with Gasteiger partial charge in [0.05, 0.1) is 12.3 Å². The van der Waals surface area contributed by atoms with Gasteiger partial charge >= 0.3 is 0 Å². The van der Waals surface area contributed by atoms with Crippen molar-refractivity contribution in [2.75, 3.05) is 0 Å². The Bertz CT molecular complexity index is 3270. The second-order valence-electron chi connectivity index (χ2n) is 12.2. The Kier molecular flexibility index (Phi) is 4.53. The third-order valence-corrected chi connectivity index (χ3v) is 9.38. The van der Waals surface area contributed by atoms with Gasteiger partial charge in [-0.25, -0.2) is 0 Å². The van der Waals surface area contributed by atoms with E-state index in [0.717, 1.165) is 65.7 Å². The van der Waals surface area contributed by atoms with Crippen LogP contribution in [0, 0.1) is 0 Å². The second-order valence-corrected chi connectivity index (χ2v) is 12.2. The zero-order valence-corrected chi connectivity index (χ0v) is 26.0.